The summed E-state index contributed by atoms with van der Waals surface area (Å²) in [5, 5.41) is 20.0. The molecule has 3 N–H and O–H groups in total. The van der Waals surface area contributed by atoms with Gasteiger partial charge in [0.1, 0.15) is 6.04 Å². The number of aliphatic carboxylic acids is 2. The Morgan fingerprint density at radius 2 is 1.95 bits per heavy atom. The number of nitrogens with zero attached hydrogens (tertiary/aromatic N) is 1. The second-order valence-electron chi connectivity index (χ2n) is 4.80. The fourth-order valence-electron chi connectivity index (χ4n) is 2.30. The number of hydrogen-bond donors (Lipinski definition) is 3. The summed E-state index contributed by atoms with van der Waals surface area (Å²) >= 11 is 0. The van der Waals surface area contributed by atoms with Crippen molar-refractivity contribution in [2.75, 3.05) is 11.4 Å². The van der Waals surface area contributed by atoms with Crippen LogP contribution in [0.4, 0.5) is 10.5 Å². The molecule has 1 aromatic carbocycles. The Kier molecular flexibility index (Phi) is 4.42. The lowest BCUT2D eigenvalue weighted by Crippen LogP contribution is -2.47. The first-order valence-electron chi connectivity index (χ1n) is 6.59. The van der Waals surface area contributed by atoms with Crippen LogP contribution in [0.2, 0.25) is 0 Å². The van der Waals surface area contributed by atoms with Crippen molar-refractivity contribution in [1.82, 2.24) is 5.32 Å². The van der Waals surface area contributed by atoms with Gasteiger partial charge in [-0.25, -0.2) is 9.59 Å². The summed E-state index contributed by atoms with van der Waals surface area (Å²) in [6.45, 7) is 0.483. The molecule has 0 spiro atoms. The minimum absolute atomic E-state index is 0.147. The third kappa shape index (κ3) is 3.50. The fourth-order valence-corrected chi connectivity index (χ4v) is 2.30. The Balaban J connectivity index is 2.03. The molecule has 1 aliphatic rings. The van der Waals surface area contributed by atoms with Crippen LogP contribution in [0.15, 0.2) is 24.3 Å². The van der Waals surface area contributed by atoms with Gasteiger partial charge in [0.15, 0.2) is 0 Å². The maximum atomic E-state index is 12.2. The van der Waals surface area contributed by atoms with Crippen LogP contribution in [0, 0.1) is 0 Å². The van der Waals surface area contributed by atoms with Gasteiger partial charge in [0.2, 0.25) is 0 Å². The fraction of sp³-hybridized carbons (Fsp3) is 0.357. The summed E-state index contributed by atoms with van der Waals surface area (Å²) in [5.41, 5.74) is 1.79. The van der Waals surface area contributed by atoms with Crippen molar-refractivity contribution in [2.45, 2.75) is 25.3 Å². The second-order valence-corrected chi connectivity index (χ2v) is 4.80. The molecule has 7 heteroatoms. The molecule has 0 saturated carbocycles. The molecule has 0 bridgehead atoms. The number of para-hydroxylation sites is 1. The highest BCUT2D eigenvalue weighted by atomic mass is 16.4. The predicted molar refractivity (Wildman–Crippen MR) is 74.3 cm³/mol. The van der Waals surface area contributed by atoms with E-state index in [9.17, 15) is 14.4 Å². The van der Waals surface area contributed by atoms with Crippen LogP contribution >= 0.6 is 0 Å². The molecule has 0 radical (unpaired) electrons. The highest BCUT2D eigenvalue weighted by molar-refractivity contribution is 5.96. The number of anilines is 1. The molecule has 1 aromatic rings. The zero-order valence-electron chi connectivity index (χ0n) is 11.3. The van der Waals surface area contributed by atoms with E-state index >= 15 is 0 Å². The van der Waals surface area contributed by atoms with E-state index in [1.807, 2.05) is 18.2 Å². The Morgan fingerprint density at radius 3 is 2.62 bits per heavy atom. The van der Waals surface area contributed by atoms with E-state index in [2.05, 4.69) is 5.32 Å². The summed E-state index contributed by atoms with van der Waals surface area (Å²) < 4.78 is 0. The summed E-state index contributed by atoms with van der Waals surface area (Å²) in [5.74, 6) is -2.33. The predicted octanol–water partition coefficient (Wildman–Crippen LogP) is 1.08. The number of nitrogens with one attached hydrogen (secondary N) is 1. The lowest BCUT2D eigenvalue weighted by Gasteiger charge is -2.21. The van der Waals surface area contributed by atoms with E-state index in [1.165, 1.54) is 4.90 Å². The summed E-state index contributed by atoms with van der Waals surface area (Å²) in [6.07, 6.45) is 0.260. The number of carbonyl (C=O) groups excluding carboxylic acids is 1. The van der Waals surface area contributed by atoms with E-state index in [0.717, 1.165) is 17.7 Å². The van der Waals surface area contributed by atoms with Crippen molar-refractivity contribution in [3.05, 3.63) is 29.8 Å². The number of amides is 2. The smallest absolute Gasteiger partial charge is 0.326 e. The highest BCUT2D eigenvalue weighted by Gasteiger charge is 2.28. The van der Waals surface area contributed by atoms with Gasteiger partial charge in [-0.15, -0.1) is 0 Å². The average molecular weight is 292 g/mol. The number of urea groups is 1. The molecule has 1 atom stereocenters. The number of benzene rings is 1. The number of carboxylic acid groups (broad SMARTS) is 2. The molecule has 7 nitrogen and oxygen atoms in total. The molecule has 0 aliphatic carbocycles. The summed E-state index contributed by atoms with van der Waals surface area (Å²) in [6, 6.07) is 5.69. The molecule has 112 valence electrons. The van der Waals surface area contributed by atoms with Crippen LogP contribution < -0.4 is 10.2 Å². The molecule has 0 fully saturated rings. The van der Waals surface area contributed by atoms with Gasteiger partial charge in [-0.3, -0.25) is 9.69 Å². The second kappa shape index (κ2) is 6.25. The van der Waals surface area contributed by atoms with Gasteiger partial charge in [0, 0.05) is 18.7 Å². The first kappa shape index (κ1) is 14.8. The molecular formula is C14H16N2O5. The van der Waals surface area contributed by atoms with Crippen molar-refractivity contribution >= 4 is 23.7 Å². The van der Waals surface area contributed by atoms with Crippen LogP contribution in [0.5, 0.6) is 0 Å². The number of hydrogen-bond acceptors (Lipinski definition) is 3. The van der Waals surface area contributed by atoms with Crippen molar-refractivity contribution in [3.8, 4) is 0 Å². The third-order valence-electron chi connectivity index (χ3n) is 3.37. The zero-order chi connectivity index (χ0) is 15.4. The van der Waals surface area contributed by atoms with Gasteiger partial charge in [0.05, 0.1) is 0 Å². The minimum atomic E-state index is -1.24. The third-order valence-corrected chi connectivity index (χ3v) is 3.37. The lowest BCUT2D eigenvalue weighted by molar-refractivity contribution is -0.140. The zero-order valence-corrected chi connectivity index (χ0v) is 11.3. The van der Waals surface area contributed by atoms with Gasteiger partial charge in [-0.2, -0.15) is 0 Å². The van der Waals surface area contributed by atoms with E-state index in [4.69, 9.17) is 10.2 Å². The van der Waals surface area contributed by atoms with Gasteiger partial charge < -0.3 is 15.5 Å². The van der Waals surface area contributed by atoms with Gasteiger partial charge >= 0.3 is 18.0 Å². The Labute approximate surface area is 121 Å². The molecule has 0 unspecified atom stereocenters. The van der Waals surface area contributed by atoms with Gasteiger partial charge in [-0.1, -0.05) is 18.2 Å². The number of carbonyl (C=O) groups is 3. The first-order chi connectivity index (χ1) is 9.99. The summed E-state index contributed by atoms with van der Waals surface area (Å²) in [7, 11) is 0. The molecule has 1 heterocycles. The van der Waals surface area contributed by atoms with Crippen LogP contribution in [0.25, 0.3) is 0 Å². The maximum absolute atomic E-state index is 12.2. The van der Waals surface area contributed by atoms with Crippen molar-refractivity contribution in [2.24, 2.45) is 0 Å². The van der Waals surface area contributed by atoms with Gasteiger partial charge in [0.25, 0.3) is 0 Å². The molecule has 21 heavy (non-hydrogen) atoms. The molecule has 0 aromatic heterocycles. The Morgan fingerprint density at radius 1 is 1.24 bits per heavy atom. The van der Waals surface area contributed by atoms with Crippen LogP contribution in [0.3, 0.4) is 0 Å². The van der Waals surface area contributed by atoms with E-state index < -0.39 is 24.0 Å². The quantitative estimate of drug-likeness (QED) is 0.752. The number of fused-ring (bicyclic) bond motifs is 1. The van der Waals surface area contributed by atoms with Crippen molar-refractivity contribution in [3.63, 3.8) is 0 Å². The topological polar surface area (TPSA) is 107 Å². The highest BCUT2D eigenvalue weighted by Crippen LogP contribution is 2.27. The summed E-state index contributed by atoms with van der Waals surface area (Å²) in [4.78, 5) is 35.2. The lowest BCUT2D eigenvalue weighted by atomic mass is 10.1. The van der Waals surface area contributed by atoms with Crippen LogP contribution in [0.1, 0.15) is 18.4 Å². The van der Waals surface area contributed by atoms with E-state index in [1.54, 1.807) is 6.07 Å². The number of rotatable bonds is 5. The normalized spacial score (nSPS) is 14.4. The molecular weight excluding hydrogens is 276 g/mol. The Hall–Kier alpha value is -2.57. The SMILES string of the molecule is O=C(O)CC[C@H](NC(=O)N1CCc2ccccc21)C(=O)O. The average Bonchev–Trinajstić information content (AvgIpc) is 2.86. The maximum Gasteiger partial charge on any atom is 0.326 e. The van der Waals surface area contributed by atoms with Crippen LogP contribution in [-0.4, -0.2) is 40.8 Å². The standard InChI is InChI=1S/C14H16N2O5/c17-12(18)6-5-10(13(19)20)15-14(21)16-8-7-9-3-1-2-4-11(9)16/h1-4,10H,5-8H2,(H,15,21)(H,17,18)(H,19,20)/t10-/m0/s1. The molecule has 2 amide bonds. The largest absolute Gasteiger partial charge is 0.481 e. The molecule has 0 saturated heterocycles. The van der Waals surface area contributed by atoms with E-state index in [0.29, 0.717) is 6.54 Å². The molecule has 1 aliphatic heterocycles. The van der Waals surface area contributed by atoms with E-state index in [-0.39, 0.29) is 12.8 Å². The van der Waals surface area contributed by atoms with Crippen molar-refractivity contribution < 1.29 is 24.6 Å². The van der Waals surface area contributed by atoms with Crippen molar-refractivity contribution in [1.29, 1.82) is 0 Å². The van der Waals surface area contributed by atoms with Crippen LogP contribution in [-0.2, 0) is 16.0 Å². The Bertz CT molecular complexity index is 572. The van der Waals surface area contributed by atoms with Gasteiger partial charge in [-0.05, 0) is 24.5 Å². The first-order valence-corrected chi connectivity index (χ1v) is 6.59. The number of carboxylic acids is 2. The minimum Gasteiger partial charge on any atom is -0.481 e. The molecule has 2 rings (SSSR count). The monoisotopic (exact) mass is 292 g/mol.